The molecule has 13 heavy (non-hydrogen) atoms. The van der Waals surface area contributed by atoms with Crippen molar-refractivity contribution in [3.05, 3.63) is 15.6 Å². The number of hydrogen-bond acceptors (Lipinski definition) is 3. The maximum atomic E-state index is 4.43. The van der Waals surface area contributed by atoms with Crippen molar-refractivity contribution in [3.63, 3.8) is 0 Å². The number of nitrogens with zero attached hydrogens (tertiary/aromatic N) is 1. The summed E-state index contributed by atoms with van der Waals surface area (Å²) in [6.07, 6.45) is 2.36. The first kappa shape index (κ1) is 10.7. The van der Waals surface area contributed by atoms with Crippen LogP contribution in [0.2, 0.25) is 0 Å². The lowest BCUT2D eigenvalue weighted by Gasteiger charge is -2.09. The summed E-state index contributed by atoms with van der Waals surface area (Å²) in [5, 5.41) is 4.53. The molecule has 0 aromatic carbocycles. The van der Waals surface area contributed by atoms with Gasteiger partial charge in [-0.15, -0.1) is 11.3 Å². The van der Waals surface area contributed by atoms with Crippen molar-refractivity contribution >= 4 is 11.3 Å². The number of rotatable bonds is 0. The number of hydrogen-bond donors (Lipinski definition) is 1. The molecule has 0 spiro atoms. The Morgan fingerprint density at radius 3 is 2.77 bits per heavy atom. The topological polar surface area (TPSA) is 24.9 Å². The quantitative estimate of drug-likeness (QED) is 0.693. The van der Waals surface area contributed by atoms with Crippen molar-refractivity contribution in [2.24, 2.45) is 0 Å². The second-order valence-corrected chi connectivity index (χ2v) is 4.52. The van der Waals surface area contributed by atoms with Gasteiger partial charge in [-0.3, -0.25) is 0 Å². The standard InChI is InChI=1S/C7H10N2S.C3H8/c1-5-9-6-2-3-8-4-7(6)10-5;1-3-2/h8H,2-4H2,1H3;3H2,1-2H3. The van der Waals surface area contributed by atoms with Crippen LogP contribution in [0.4, 0.5) is 0 Å². The zero-order valence-electron chi connectivity index (χ0n) is 8.68. The second-order valence-electron chi connectivity index (χ2n) is 3.24. The summed E-state index contributed by atoms with van der Waals surface area (Å²) >= 11 is 1.82. The van der Waals surface area contributed by atoms with E-state index in [0.717, 1.165) is 19.5 Å². The van der Waals surface area contributed by atoms with Gasteiger partial charge in [0, 0.05) is 24.4 Å². The van der Waals surface area contributed by atoms with E-state index in [0.29, 0.717) is 0 Å². The third-order valence-electron chi connectivity index (χ3n) is 1.71. The van der Waals surface area contributed by atoms with Gasteiger partial charge in [0.05, 0.1) is 10.7 Å². The Kier molecular flexibility index (Phi) is 4.39. The Morgan fingerprint density at radius 2 is 2.15 bits per heavy atom. The first-order valence-electron chi connectivity index (χ1n) is 4.93. The van der Waals surface area contributed by atoms with Crippen molar-refractivity contribution in [1.29, 1.82) is 0 Å². The Morgan fingerprint density at radius 1 is 1.46 bits per heavy atom. The lowest BCUT2D eigenvalue weighted by atomic mass is 10.2. The molecule has 0 atom stereocenters. The summed E-state index contributed by atoms with van der Waals surface area (Å²) in [6, 6.07) is 0. The van der Waals surface area contributed by atoms with Gasteiger partial charge >= 0.3 is 0 Å². The molecule has 74 valence electrons. The SMILES string of the molecule is CCC.Cc1nc2c(s1)CNCC2. The molecule has 1 aromatic heterocycles. The molecule has 0 aliphatic carbocycles. The molecule has 1 aromatic rings. The van der Waals surface area contributed by atoms with Crippen molar-refractivity contribution < 1.29 is 0 Å². The highest BCUT2D eigenvalue weighted by Crippen LogP contribution is 2.20. The van der Waals surface area contributed by atoms with Crippen LogP contribution in [0.5, 0.6) is 0 Å². The minimum atomic E-state index is 1.03. The summed E-state index contributed by atoms with van der Waals surface area (Å²) in [4.78, 5) is 5.86. The Labute approximate surface area is 84.4 Å². The van der Waals surface area contributed by atoms with E-state index in [1.165, 1.54) is 22.0 Å². The molecule has 1 aliphatic rings. The third kappa shape index (κ3) is 3.08. The van der Waals surface area contributed by atoms with Crippen molar-refractivity contribution in [2.45, 2.75) is 40.2 Å². The van der Waals surface area contributed by atoms with Gasteiger partial charge < -0.3 is 5.32 Å². The van der Waals surface area contributed by atoms with Crippen LogP contribution in [0.3, 0.4) is 0 Å². The maximum Gasteiger partial charge on any atom is 0.0900 e. The molecular weight excluding hydrogens is 180 g/mol. The second kappa shape index (κ2) is 5.35. The molecule has 2 nitrogen and oxygen atoms in total. The Hall–Kier alpha value is -0.410. The van der Waals surface area contributed by atoms with Gasteiger partial charge in [-0.1, -0.05) is 20.3 Å². The predicted molar refractivity (Wildman–Crippen MR) is 58.2 cm³/mol. The van der Waals surface area contributed by atoms with Gasteiger partial charge in [-0.2, -0.15) is 0 Å². The average molecular weight is 198 g/mol. The summed E-state index contributed by atoms with van der Waals surface area (Å²) in [5.41, 5.74) is 1.32. The van der Waals surface area contributed by atoms with Crippen molar-refractivity contribution in [3.8, 4) is 0 Å². The normalized spacial score (nSPS) is 14.4. The minimum absolute atomic E-state index is 1.03. The molecule has 0 amide bonds. The van der Waals surface area contributed by atoms with E-state index in [1.807, 2.05) is 11.3 Å². The minimum Gasteiger partial charge on any atom is -0.311 e. The lowest BCUT2D eigenvalue weighted by molar-refractivity contribution is 0.643. The van der Waals surface area contributed by atoms with Crippen LogP contribution in [-0.4, -0.2) is 11.5 Å². The summed E-state index contributed by atoms with van der Waals surface area (Å²) in [5.74, 6) is 0. The van der Waals surface area contributed by atoms with Crippen LogP contribution in [-0.2, 0) is 13.0 Å². The number of aromatic nitrogens is 1. The summed E-state index contributed by atoms with van der Waals surface area (Å²) in [7, 11) is 0. The summed E-state index contributed by atoms with van der Waals surface area (Å²) < 4.78 is 0. The van der Waals surface area contributed by atoms with Crippen LogP contribution in [0, 0.1) is 6.92 Å². The van der Waals surface area contributed by atoms with E-state index in [2.05, 4.69) is 31.1 Å². The molecule has 1 aliphatic heterocycles. The number of thiazole rings is 1. The highest BCUT2D eigenvalue weighted by Gasteiger charge is 2.11. The van der Waals surface area contributed by atoms with E-state index in [-0.39, 0.29) is 0 Å². The monoisotopic (exact) mass is 198 g/mol. The third-order valence-corrected chi connectivity index (χ3v) is 2.72. The fourth-order valence-corrected chi connectivity index (χ4v) is 2.21. The molecule has 0 saturated heterocycles. The van der Waals surface area contributed by atoms with E-state index in [9.17, 15) is 0 Å². The van der Waals surface area contributed by atoms with Gasteiger partial charge in [0.1, 0.15) is 0 Å². The highest BCUT2D eigenvalue weighted by molar-refractivity contribution is 7.11. The van der Waals surface area contributed by atoms with Crippen LogP contribution < -0.4 is 5.32 Å². The first-order chi connectivity index (χ1) is 6.27. The number of aryl methyl sites for hydroxylation is 1. The molecule has 1 N–H and O–H groups in total. The van der Waals surface area contributed by atoms with E-state index >= 15 is 0 Å². The number of fused-ring (bicyclic) bond motifs is 1. The van der Waals surface area contributed by atoms with Gasteiger partial charge in [0.25, 0.3) is 0 Å². The van der Waals surface area contributed by atoms with Crippen LogP contribution in [0.15, 0.2) is 0 Å². The van der Waals surface area contributed by atoms with E-state index in [1.54, 1.807) is 0 Å². The summed E-state index contributed by atoms with van der Waals surface area (Å²) in [6.45, 7) is 8.44. The zero-order chi connectivity index (χ0) is 9.68. The molecule has 0 fully saturated rings. The highest BCUT2D eigenvalue weighted by atomic mass is 32.1. The maximum absolute atomic E-state index is 4.43. The fraction of sp³-hybridized carbons (Fsp3) is 0.700. The van der Waals surface area contributed by atoms with E-state index in [4.69, 9.17) is 0 Å². The van der Waals surface area contributed by atoms with Gasteiger partial charge in [-0.25, -0.2) is 4.98 Å². The van der Waals surface area contributed by atoms with Gasteiger partial charge in [-0.05, 0) is 6.92 Å². The molecule has 2 heterocycles. The van der Waals surface area contributed by atoms with Crippen LogP contribution in [0.25, 0.3) is 0 Å². The van der Waals surface area contributed by atoms with Crippen molar-refractivity contribution in [2.75, 3.05) is 6.54 Å². The average Bonchev–Trinajstić information content (AvgIpc) is 2.45. The lowest BCUT2D eigenvalue weighted by Crippen LogP contribution is -2.22. The largest absolute Gasteiger partial charge is 0.311 e. The van der Waals surface area contributed by atoms with E-state index < -0.39 is 0 Å². The van der Waals surface area contributed by atoms with Gasteiger partial charge in [0.2, 0.25) is 0 Å². The predicted octanol–water partition coefficient (Wildman–Crippen LogP) is 2.51. The smallest absolute Gasteiger partial charge is 0.0900 e. The Balaban J connectivity index is 0.000000251. The number of nitrogens with one attached hydrogen (secondary N) is 1. The first-order valence-corrected chi connectivity index (χ1v) is 5.75. The molecule has 0 unspecified atom stereocenters. The van der Waals surface area contributed by atoms with Crippen LogP contribution in [0.1, 0.15) is 35.8 Å². The molecule has 0 bridgehead atoms. The molecule has 0 saturated carbocycles. The fourth-order valence-electron chi connectivity index (χ4n) is 1.25. The molecular formula is C10H18N2S. The molecule has 2 rings (SSSR count). The van der Waals surface area contributed by atoms with Crippen molar-refractivity contribution in [1.82, 2.24) is 10.3 Å². The molecule has 0 radical (unpaired) electrons. The Bertz CT molecular complexity index is 232. The van der Waals surface area contributed by atoms with Crippen LogP contribution >= 0.6 is 11.3 Å². The van der Waals surface area contributed by atoms with Gasteiger partial charge in [0.15, 0.2) is 0 Å². The molecule has 3 heteroatoms. The zero-order valence-corrected chi connectivity index (χ0v) is 9.50.